The molecule has 0 saturated heterocycles. The summed E-state index contributed by atoms with van der Waals surface area (Å²) in [6.45, 7) is 10.6. The molecular weight excluding hydrogens is 124 g/mol. The number of aliphatic hydroxyl groups excluding tert-OH is 1. The predicted octanol–water partition coefficient (Wildman–Crippen LogP) is 2.36. The highest BCUT2D eigenvalue weighted by Crippen LogP contribution is 2.26. The first kappa shape index (κ1) is 9.70. The van der Waals surface area contributed by atoms with E-state index in [0.717, 1.165) is 5.57 Å². The maximum Gasteiger partial charge on any atom is 0.0649 e. The van der Waals surface area contributed by atoms with Crippen LogP contribution in [0.25, 0.3) is 0 Å². The van der Waals surface area contributed by atoms with Gasteiger partial charge in [0, 0.05) is 0 Å². The first-order valence-corrected chi connectivity index (χ1v) is 3.67. The minimum atomic E-state index is 0.119. The molecule has 0 heterocycles. The van der Waals surface area contributed by atoms with Crippen molar-refractivity contribution in [3.05, 3.63) is 11.1 Å². The van der Waals surface area contributed by atoms with Crippen LogP contribution in [-0.2, 0) is 0 Å². The summed E-state index contributed by atoms with van der Waals surface area (Å²) in [7, 11) is 0. The molecular formula is C9H18O. The molecule has 0 saturated carbocycles. The molecule has 60 valence electrons. The van der Waals surface area contributed by atoms with Gasteiger partial charge in [-0.1, -0.05) is 26.3 Å². The molecule has 0 aromatic carbocycles. The van der Waals surface area contributed by atoms with Crippen LogP contribution in [-0.4, -0.2) is 11.7 Å². The number of aliphatic hydroxyl groups is 1. The lowest BCUT2D eigenvalue weighted by Crippen LogP contribution is -2.13. The lowest BCUT2D eigenvalue weighted by molar-refractivity contribution is 0.293. The van der Waals surface area contributed by atoms with Gasteiger partial charge >= 0.3 is 0 Å². The van der Waals surface area contributed by atoms with E-state index in [4.69, 9.17) is 5.11 Å². The zero-order valence-electron chi connectivity index (χ0n) is 7.65. The fourth-order valence-corrected chi connectivity index (χ4v) is 1.15. The minimum absolute atomic E-state index is 0.119. The van der Waals surface area contributed by atoms with Gasteiger partial charge in [-0.15, -0.1) is 0 Å². The van der Waals surface area contributed by atoms with E-state index in [1.54, 1.807) is 0 Å². The summed E-state index contributed by atoms with van der Waals surface area (Å²) < 4.78 is 0. The van der Waals surface area contributed by atoms with Crippen LogP contribution in [0.15, 0.2) is 11.1 Å². The lowest BCUT2D eigenvalue weighted by atomic mass is 9.84. The molecule has 1 heteroatoms. The Hall–Kier alpha value is -0.300. The van der Waals surface area contributed by atoms with Gasteiger partial charge in [-0.2, -0.15) is 0 Å². The van der Waals surface area contributed by atoms with E-state index in [0.29, 0.717) is 0 Å². The minimum Gasteiger partial charge on any atom is -0.392 e. The molecule has 1 N–H and O–H groups in total. The summed E-state index contributed by atoms with van der Waals surface area (Å²) in [6, 6.07) is 0. The number of rotatable bonds is 1. The zero-order chi connectivity index (χ0) is 8.36. The fraction of sp³-hybridized carbons (Fsp3) is 0.778. The van der Waals surface area contributed by atoms with E-state index in [9.17, 15) is 0 Å². The monoisotopic (exact) mass is 142 g/mol. The van der Waals surface area contributed by atoms with Crippen molar-refractivity contribution in [2.75, 3.05) is 6.61 Å². The highest BCUT2D eigenvalue weighted by Gasteiger charge is 2.16. The lowest BCUT2D eigenvalue weighted by Gasteiger charge is -2.22. The molecule has 0 fully saturated rings. The first-order valence-electron chi connectivity index (χ1n) is 3.67. The highest BCUT2D eigenvalue weighted by atomic mass is 16.3. The van der Waals surface area contributed by atoms with Crippen LogP contribution < -0.4 is 0 Å². The molecule has 1 nitrogen and oxygen atoms in total. The Labute approximate surface area is 63.8 Å². The average Bonchev–Trinajstić information content (AvgIpc) is 1.60. The number of hydrogen-bond acceptors (Lipinski definition) is 1. The summed E-state index contributed by atoms with van der Waals surface area (Å²) >= 11 is 0. The Morgan fingerprint density at radius 1 is 1.20 bits per heavy atom. The smallest absolute Gasteiger partial charge is 0.0649 e. The molecule has 0 aliphatic carbocycles. The molecule has 0 aliphatic rings. The molecule has 0 rings (SSSR count). The summed E-state index contributed by atoms with van der Waals surface area (Å²) in [5, 5.41) is 8.97. The van der Waals surface area contributed by atoms with Gasteiger partial charge in [0.1, 0.15) is 0 Å². The van der Waals surface area contributed by atoms with E-state index in [1.807, 2.05) is 13.8 Å². The van der Waals surface area contributed by atoms with Gasteiger partial charge in [0.25, 0.3) is 0 Å². The maximum absolute atomic E-state index is 8.97. The van der Waals surface area contributed by atoms with Gasteiger partial charge in [-0.05, 0) is 24.8 Å². The van der Waals surface area contributed by atoms with Crippen molar-refractivity contribution in [3.8, 4) is 0 Å². The second kappa shape index (κ2) is 3.20. The van der Waals surface area contributed by atoms with Crippen LogP contribution in [0.5, 0.6) is 0 Å². The third-order valence-corrected chi connectivity index (χ3v) is 1.67. The molecule has 0 aromatic rings. The molecule has 0 spiro atoms. The molecule has 0 aliphatic heterocycles. The van der Waals surface area contributed by atoms with Gasteiger partial charge in [-0.25, -0.2) is 0 Å². The van der Waals surface area contributed by atoms with Crippen molar-refractivity contribution >= 4 is 0 Å². The van der Waals surface area contributed by atoms with E-state index >= 15 is 0 Å². The Bertz CT molecular complexity index is 133. The molecule has 0 amide bonds. The Kier molecular flexibility index (Phi) is 3.10. The second-order valence-corrected chi connectivity index (χ2v) is 3.89. The quantitative estimate of drug-likeness (QED) is 0.557. The third-order valence-electron chi connectivity index (χ3n) is 1.67. The van der Waals surface area contributed by atoms with Crippen molar-refractivity contribution in [1.82, 2.24) is 0 Å². The summed E-state index contributed by atoms with van der Waals surface area (Å²) in [5.41, 5.74) is 2.50. The van der Waals surface area contributed by atoms with Crippen molar-refractivity contribution in [3.63, 3.8) is 0 Å². The van der Waals surface area contributed by atoms with Crippen LogP contribution in [0.2, 0.25) is 0 Å². The summed E-state index contributed by atoms with van der Waals surface area (Å²) in [6.07, 6.45) is 0. The van der Waals surface area contributed by atoms with Gasteiger partial charge in [-0.3, -0.25) is 0 Å². The van der Waals surface area contributed by atoms with Gasteiger partial charge in [0.15, 0.2) is 0 Å². The summed E-state index contributed by atoms with van der Waals surface area (Å²) in [5.74, 6) is 0. The van der Waals surface area contributed by atoms with Crippen LogP contribution in [0.3, 0.4) is 0 Å². The van der Waals surface area contributed by atoms with Gasteiger partial charge in [0.2, 0.25) is 0 Å². The topological polar surface area (TPSA) is 20.2 Å². The number of hydrogen-bond donors (Lipinski definition) is 1. The van der Waals surface area contributed by atoms with E-state index in [2.05, 4.69) is 20.8 Å². The molecule has 0 bridgehead atoms. The molecule has 0 atom stereocenters. The van der Waals surface area contributed by atoms with Crippen LogP contribution >= 0.6 is 0 Å². The molecule has 10 heavy (non-hydrogen) atoms. The Balaban J connectivity index is 4.55. The van der Waals surface area contributed by atoms with Crippen molar-refractivity contribution in [2.24, 2.45) is 5.41 Å². The summed E-state index contributed by atoms with van der Waals surface area (Å²) in [4.78, 5) is 0. The van der Waals surface area contributed by atoms with E-state index in [-0.39, 0.29) is 12.0 Å². The second-order valence-electron chi connectivity index (χ2n) is 3.89. The first-order chi connectivity index (χ1) is 4.39. The molecule has 0 aromatic heterocycles. The largest absolute Gasteiger partial charge is 0.392 e. The fourth-order valence-electron chi connectivity index (χ4n) is 1.15. The molecule has 0 radical (unpaired) electrons. The standard InChI is InChI=1S/C9H18O/c1-7(2)8(6-10)9(3,4)5/h10H,6H2,1-5H3. The van der Waals surface area contributed by atoms with Gasteiger partial charge < -0.3 is 5.11 Å². The zero-order valence-corrected chi connectivity index (χ0v) is 7.65. The SMILES string of the molecule is CC(C)=C(CO)C(C)(C)C. The van der Waals surface area contributed by atoms with E-state index in [1.165, 1.54) is 5.57 Å². The van der Waals surface area contributed by atoms with Crippen LogP contribution in [0.1, 0.15) is 34.6 Å². The Morgan fingerprint density at radius 3 is 1.60 bits per heavy atom. The third kappa shape index (κ3) is 2.53. The van der Waals surface area contributed by atoms with Crippen LogP contribution in [0.4, 0.5) is 0 Å². The normalized spacial score (nSPS) is 11.4. The predicted molar refractivity (Wildman–Crippen MR) is 44.9 cm³/mol. The van der Waals surface area contributed by atoms with E-state index < -0.39 is 0 Å². The van der Waals surface area contributed by atoms with Crippen molar-refractivity contribution in [2.45, 2.75) is 34.6 Å². The van der Waals surface area contributed by atoms with Crippen molar-refractivity contribution in [1.29, 1.82) is 0 Å². The Morgan fingerprint density at radius 2 is 1.60 bits per heavy atom. The average molecular weight is 142 g/mol. The maximum atomic E-state index is 8.97. The number of allylic oxidation sites excluding steroid dienone is 1. The van der Waals surface area contributed by atoms with Gasteiger partial charge in [0.05, 0.1) is 6.61 Å². The highest BCUT2D eigenvalue weighted by molar-refractivity contribution is 5.16. The van der Waals surface area contributed by atoms with Crippen molar-refractivity contribution < 1.29 is 5.11 Å². The molecule has 0 unspecified atom stereocenters. The van der Waals surface area contributed by atoms with Crippen LogP contribution in [0, 0.1) is 5.41 Å².